The summed E-state index contributed by atoms with van der Waals surface area (Å²) in [7, 11) is -1.79. The second-order valence-corrected chi connectivity index (χ2v) is 13.5. The molecule has 3 atom stereocenters. The smallest absolute Gasteiger partial charge is 0.192 e. The van der Waals surface area contributed by atoms with Crippen LogP contribution in [-0.2, 0) is 4.43 Å². The van der Waals surface area contributed by atoms with Gasteiger partial charge in [-0.1, -0.05) is 63.2 Å². The predicted octanol–water partition coefficient (Wildman–Crippen LogP) is 5.47. The standard InChI is InChI=1S/C21H30O2Si/c1-21(2,3)24(4,5)23-16-13-19(20(22)14-16)18-12-8-10-15-9-6-7-11-17(15)18/h6-12,16,19-20,22H,13-14H2,1-5H3/t16-,19+,20-/m1/s1. The van der Waals surface area contributed by atoms with Crippen molar-refractivity contribution in [2.75, 3.05) is 0 Å². The largest absolute Gasteiger partial charge is 0.414 e. The number of hydrogen-bond acceptors (Lipinski definition) is 2. The second-order valence-electron chi connectivity index (χ2n) is 8.71. The van der Waals surface area contributed by atoms with E-state index in [2.05, 4.69) is 76.3 Å². The van der Waals surface area contributed by atoms with E-state index in [0.29, 0.717) is 0 Å². The van der Waals surface area contributed by atoms with Crippen LogP contribution in [0.25, 0.3) is 10.8 Å². The van der Waals surface area contributed by atoms with Gasteiger partial charge in [0.05, 0.1) is 6.10 Å². The third kappa shape index (κ3) is 3.30. The summed E-state index contributed by atoms with van der Waals surface area (Å²) in [6.07, 6.45) is 1.53. The van der Waals surface area contributed by atoms with Crippen LogP contribution in [0.5, 0.6) is 0 Å². The molecule has 3 heteroatoms. The quantitative estimate of drug-likeness (QED) is 0.750. The van der Waals surface area contributed by atoms with Gasteiger partial charge in [-0.25, -0.2) is 0 Å². The van der Waals surface area contributed by atoms with Crippen molar-refractivity contribution in [3.05, 3.63) is 48.0 Å². The molecule has 1 N–H and O–H groups in total. The fourth-order valence-electron chi connectivity index (χ4n) is 3.57. The first-order valence-electron chi connectivity index (χ1n) is 9.02. The summed E-state index contributed by atoms with van der Waals surface area (Å²) in [6.45, 7) is 11.4. The predicted molar refractivity (Wildman–Crippen MR) is 104 cm³/mol. The minimum atomic E-state index is -1.79. The molecule has 0 bridgehead atoms. The lowest BCUT2D eigenvalue weighted by Gasteiger charge is -2.38. The zero-order chi connectivity index (χ0) is 17.5. The van der Waals surface area contributed by atoms with E-state index in [1.807, 2.05) is 0 Å². The van der Waals surface area contributed by atoms with E-state index in [1.54, 1.807) is 0 Å². The number of rotatable bonds is 3. The molecule has 3 rings (SSSR count). The Bertz CT molecular complexity index is 712. The van der Waals surface area contributed by atoms with Crippen molar-refractivity contribution in [2.45, 2.75) is 69.9 Å². The van der Waals surface area contributed by atoms with Crippen LogP contribution >= 0.6 is 0 Å². The summed E-state index contributed by atoms with van der Waals surface area (Å²) in [5.41, 5.74) is 1.27. The van der Waals surface area contributed by atoms with Gasteiger partial charge in [0.15, 0.2) is 8.32 Å². The zero-order valence-electron chi connectivity index (χ0n) is 15.5. The average Bonchev–Trinajstić information content (AvgIpc) is 2.85. The average molecular weight is 343 g/mol. The van der Waals surface area contributed by atoms with E-state index < -0.39 is 8.32 Å². The number of fused-ring (bicyclic) bond motifs is 1. The Labute approximate surface area is 147 Å². The van der Waals surface area contributed by atoms with Gasteiger partial charge in [0, 0.05) is 12.0 Å². The molecule has 1 fully saturated rings. The lowest BCUT2D eigenvalue weighted by molar-refractivity contribution is 0.136. The summed E-state index contributed by atoms with van der Waals surface area (Å²) in [5, 5.41) is 13.4. The first kappa shape index (κ1) is 17.7. The maximum absolute atomic E-state index is 10.7. The molecule has 2 nitrogen and oxygen atoms in total. The van der Waals surface area contributed by atoms with E-state index in [4.69, 9.17) is 4.43 Å². The molecule has 0 amide bonds. The van der Waals surface area contributed by atoms with Gasteiger partial charge in [-0.2, -0.15) is 0 Å². The lowest BCUT2D eigenvalue weighted by atomic mass is 9.91. The summed E-state index contributed by atoms with van der Waals surface area (Å²) in [6, 6.07) is 14.9. The molecule has 0 heterocycles. The minimum absolute atomic E-state index is 0.171. The molecule has 130 valence electrons. The molecule has 0 radical (unpaired) electrons. The fraction of sp³-hybridized carbons (Fsp3) is 0.524. The normalized spacial score (nSPS) is 25.3. The lowest BCUT2D eigenvalue weighted by Crippen LogP contribution is -2.43. The van der Waals surface area contributed by atoms with Crippen molar-refractivity contribution in [3.63, 3.8) is 0 Å². The second kappa shape index (κ2) is 6.29. The number of benzene rings is 2. The van der Waals surface area contributed by atoms with Crippen LogP contribution in [0.3, 0.4) is 0 Å². The molecular formula is C21H30O2Si. The Morgan fingerprint density at radius 3 is 2.38 bits per heavy atom. The molecule has 24 heavy (non-hydrogen) atoms. The van der Waals surface area contributed by atoms with Crippen LogP contribution in [0.1, 0.15) is 45.1 Å². The molecule has 1 aliphatic rings. The summed E-state index contributed by atoms with van der Waals surface area (Å²) >= 11 is 0. The molecule has 0 aliphatic heterocycles. The van der Waals surface area contributed by atoms with Crippen molar-refractivity contribution in [2.24, 2.45) is 0 Å². The molecule has 0 saturated heterocycles. The highest BCUT2D eigenvalue weighted by Crippen LogP contribution is 2.43. The Kier molecular flexibility index (Phi) is 4.62. The highest BCUT2D eigenvalue weighted by Gasteiger charge is 2.43. The van der Waals surface area contributed by atoms with Crippen LogP contribution in [0.2, 0.25) is 18.1 Å². The monoisotopic (exact) mass is 342 g/mol. The molecule has 0 spiro atoms. The van der Waals surface area contributed by atoms with Crippen LogP contribution in [-0.4, -0.2) is 25.6 Å². The summed E-state index contributed by atoms with van der Waals surface area (Å²) in [4.78, 5) is 0. The topological polar surface area (TPSA) is 29.5 Å². The van der Waals surface area contributed by atoms with Crippen molar-refractivity contribution in [3.8, 4) is 0 Å². The number of aliphatic hydroxyl groups is 1. The first-order valence-corrected chi connectivity index (χ1v) is 11.9. The van der Waals surface area contributed by atoms with Gasteiger partial charge in [0.2, 0.25) is 0 Å². The Hall–Kier alpha value is -1.16. The van der Waals surface area contributed by atoms with Gasteiger partial charge >= 0.3 is 0 Å². The van der Waals surface area contributed by atoms with E-state index in [9.17, 15) is 5.11 Å². The Morgan fingerprint density at radius 1 is 1.00 bits per heavy atom. The molecular weight excluding hydrogens is 312 g/mol. The molecule has 2 aromatic rings. The highest BCUT2D eigenvalue weighted by atomic mass is 28.4. The van der Waals surface area contributed by atoms with E-state index in [-0.39, 0.29) is 23.2 Å². The van der Waals surface area contributed by atoms with Gasteiger partial charge < -0.3 is 9.53 Å². The SMILES string of the molecule is CC(C)(C)[Si](C)(C)O[C@H]1C[C@@H](O)[C@H](c2cccc3ccccc23)C1. The van der Waals surface area contributed by atoms with Crippen LogP contribution < -0.4 is 0 Å². The van der Waals surface area contributed by atoms with E-state index in [0.717, 1.165) is 12.8 Å². The number of aliphatic hydroxyl groups excluding tert-OH is 1. The van der Waals surface area contributed by atoms with Crippen molar-refractivity contribution in [1.29, 1.82) is 0 Å². The Morgan fingerprint density at radius 2 is 1.67 bits per heavy atom. The van der Waals surface area contributed by atoms with Crippen molar-refractivity contribution in [1.82, 2.24) is 0 Å². The van der Waals surface area contributed by atoms with E-state index >= 15 is 0 Å². The van der Waals surface area contributed by atoms with Gasteiger partial charge in [-0.15, -0.1) is 0 Å². The first-order chi connectivity index (χ1) is 11.2. The van der Waals surface area contributed by atoms with Crippen LogP contribution in [0, 0.1) is 0 Å². The van der Waals surface area contributed by atoms with E-state index in [1.165, 1.54) is 16.3 Å². The molecule has 0 unspecified atom stereocenters. The molecule has 1 saturated carbocycles. The van der Waals surface area contributed by atoms with Gasteiger partial charge in [0.25, 0.3) is 0 Å². The van der Waals surface area contributed by atoms with Gasteiger partial charge in [-0.05, 0) is 47.3 Å². The summed E-state index contributed by atoms with van der Waals surface area (Å²) in [5.74, 6) is 0.172. The van der Waals surface area contributed by atoms with Crippen LogP contribution in [0.15, 0.2) is 42.5 Å². The minimum Gasteiger partial charge on any atom is -0.414 e. The van der Waals surface area contributed by atoms with Crippen molar-refractivity contribution < 1.29 is 9.53 Å². The van der Waals surface area contributed by atoms with Crippen LogP contribution in [0.4, 0.5) is 0 Å². The molecule has 2 aromatic carbocycles. The zero-order valence-corrected chi connectivity index (χ0v) is 16.5. The highest BCUT2D eigenvalue weighted by molar-refractivity contribution is 6.74. The third-order valence-corrected chi connectivity index (χ3v) is 10.5. The summed E-state index contributed by atoms with van der Waals surface area (Å²) < 4.78 is 6.58. The molecule has 0 aromatic heterocycles. The third-order valence-electron chi connectivity index (χ3n) is 5.98. The Balaban J connectivity index is 1.84. The van der Waals surface area contributed by atoms with Crippen molar-refractivity contribution >= 4 is 19.1 Å². The van der Waals surface area contributed by atoms with Gasteiger partial charge in [0.1, 0.15) is 0 Å². The van der Waals surface area contributed by atoms with Gasteiger partial charge in [-0.3, -0.25) is 0 Å². The fourth-order valence-corrected chi connectivity index (χ4v) is 4.95. The maximum Gasteiger partial charge on any atom is 0.192 e. The molecule has 1 aliphatic carbocycles. The maximum atomic E-state index is 10.7. The number of hydrogen-bond donors (Lipinski definition) is 1.